The predicted octanol–water partition coefficient (Wildman–Crippen LogP) is 2.77. The van der Waals surface area contributed by atoms with E-state index in [0.717, 1.165) is 21.2 Å². The minimum Gasteiger partial charge on any atom is -0.271 e. The van der Waals surface area contributed by atoms with Gasteiger partial charge in [-0.3, -0.25) is 10.8 Å². The van der Waals surface area contributed by atoms with Gasteiger partial charge in [-0.05, 0) is 44.9 Å². The van der Waals surface area contributed by atoms with Crippen LogP contribution in [0.3, 0.4) is 0 Å². The van der Waals surface area contributed by atoms with Crippen LogP contribution >= 0.6 is 27.3 Å². The van der Waals surface area contributed by atoms with Gasteiger partial charge in [0.1, 0.15) is 0 Å². The summed E-state index contributed by atoms with van der Waals surface area (Å²) in [6, 6.07) is 2.06. The number of hydrazine groups is 1. The van der Waals surface area contributed by atoms with Crippen molar-refractivity contribution in [2.45, 2.75) is 13.0 Å². The van der Waals surface area contributed by atoms with Crippen LogP contribution in [-0.2, 0) is 0 Å². The van der Waals surface area contributed by atoms with Gasteiger partial charge >= 0.3 is 0 Å². The molecule has 2 rings (SSSR count). The van der Waals surface area contributed by atoms with Crippen LogP contribution in [0.25, 0.3) is 0 Å². The van der Waals surface area contributed by atoms with E-state index in [4.69, 9.17) is 5.84 Å². The number of aryl methyl sites for hydroxylation is 1. The van der Waals surface area contributed by atoms with Crippen LogP contribution in [0.1, 0.15) is 22.7 Å². The molecule has 5 heteroatoms. The van der Waals surface area contributed by atoms with E-state index in [1.165, 1.54) is 0 Å². The van der Waals surface area contributed by atoms with E-state index < -0.39 is 0 Å². The first-order valence-corrected chi connectivity index (χ1v) is 6.55. The fraction of sp³-hybridized carbons (Fsp3) is 0.182. The first-order valence-electron chi connectivity index (χ1n) is 4.81. The normalized spacial score (nSPS) is 12.7. The fourth-order valence-corrected chi connectivity index (χ4v) is 3.15. The molecule has 0 aromatic carbocycles. The van der Waals surface area contributed by atoms with E-state index in [9.17, 15) is 0 Å². The number of nitrogens with two attached hydrogens (primary N) is 1. The van der Waals surface area contributed by atoms with Crippen LogP contribution in [0.2, 0.25) is 0 Å². The van der Waals surface area contributed by atoms with Crippen LogP contribution in [0.15, 0.2) is 33.7 Å². The zero-order chi connectivity index (χ0) is 11.5. The summed E-state index contributed by atoms with van der Waals surface area (Å²) in [6.45, 7) is 2.02. The quantitative estimate of drug-likeness (QED) is 0.677. The van der Waals surface area contributed by atoms with Gasteiger partial charge in [-0.2, -0.15) is 11.3 Å². The Labute approximate surface area is 107 Å². The van der Waals surface area contributed by atoms with Gasteiger partial charge in [0.25, 0.3) is 0 Å². The average Bonchev–Trinajstić information content (AvgIpc) is 2.67. The van der Waals surface area contributed by atoms with Crippen LogP contribution in [0.5, 0.6) is 0 Å². The van der Waals surface area contributed by atoms with Crippen molar-refractivity contribution in [1.82, 2.24) is 10.4 Å². The van der Waals surface area contributed by atoms with Crippen molar-refractivity contribution in [3.63, 3.8) is 0 Å². The molecule has 0 amide bonds. The highest BCUT2D eigenvalue weighted by Crippen LogP contribution is 2.30. The molecule has 0 spiro atoms. The fourth-order valence-electron chi connectivity index (χ4n) is 1.60. The maximum Gasteiger partial charge on any atom is 0.0744 e. The van der Waals surface area contributed by atoms with Gasteiger partial charge in [0.05, 0.1) is 6.04 Å². The number of nitrogens with zero attached hydrogens (tertiary/aromatic N) is 1. The lowest BCUT2D eigenvalue weighted by Gasteiger charge is -2.16. The largest absolute Gasteiger partial charge is 0.271 e. The van der Waals surface area contributed by atoms with E-state index in [0.29, 0.717) is 0 Å². The molecule has 0 aliphatic carbocycles. The van der Waals surface area contributed by atoms with Crippen molar-refractivity contribution in [1.29, 1.82) is 0 Å². The van der Waals surface area contributed by atoms with E-state index in [2.05, 4.69) is 37.8 Å². The second kappa shape index (κ2) is 5.05. The molecule has 0 bridgehead atoms. The van der Waals surface area contributed by atoms with Crippen LogP contribution < -0.4 is 11.3 Å². The summed E-state index contributed by atoms with van der Waals surface area (Å²) in [5, 5.41) is 4.12. The summed E-state index contributed by atoms with van der Waals surface area (Å²) < 4.78 is 1.07. The number of hydrogen-bond donors (Lipinski definition) is 2. The van der Waals surface area contributed by atoms with Crippen LogP contribution in [-0.4, -0.2) is 4.98 Å². The molecule has 3 nitrogen and oxygen atoms in total. The third-order valence-electron chi connectivity index (χ3n) is 2.35. The number of pyridine rings is 1. The highest BCUT2D eigenvalue weighted by atomic mass is 79.9. The topological polar surface area (TPSA) is 50.9 Å². The lowest BCUT2D eigenvalue weighted by Crippen LogP contribution is -2.28. The van der Waals surface area contributed by atoms with Crippen molar-refractivity contribution < 1.29 is 0 Å². The zero-order valence-corrected chi connectivity index (χ0v) is 11.2. The van der Waals surface area contributed by atoms with Crippen molar-refractivity contribution >= 4 is 27.3 Å². The molecule has 2 heterocycles. The van der Waals surface area contributed by atoms with E-state index in [1.54, 1.807) is 11.3 Å². The number of thiophene rings is 1. The molecule has 0 saturated heterocycles. The Balaban J connectivity index is 2.40. The lowest BCUT2D eigenvalue weighted by molar-refractivity contribution is 0.634. The number of hydrogen-bond acceptors (Lipinski definition) is 4. The van der Waals surface area contributed by atoms with Crippen molar-refractivity contribution in [3.05, 3.63) is 50.4 Å². The Morgan fingerprint density at radius 1 is 1.44 bits per heavy atom. The van der Waals surface area contributed by atoms with Crippen molar-refractivity contribution in [2.75, 3.05) is 0 Å². The number of nitrogens with one attached hydrogen (secondary N) is 1. The molecular formula is C11H12BrN3S. The number of halogens is 1. The predicted molar refractivity (Wildman–Crippen MR) is 70.2 cm³/mol. The first kappa shape index (κ1) is 11.7. The maximum absolute atomic E-state index is 5.62. The average molecular weight is 298 g/mol. The van der Waals surface area contributed by atoms with Gasteiger partial charge in [0.2, 0.25) is 0 Å². The Kier molecular flexibility index (Phi) is 3.70. The molecule has 84 valence electrons. The Morgan fingerprint density at radius 2 is 2.25 bits per heavy atom. The van der Waals surface area contributed by atoms with Crippen LogP contribution in [0, 0.1) is 6.92 Å². The maximum atomic E-state index is 5.62. The molecule has 1 atom stereocenters. The van der Waals surface area contributed by atoms with Gasteiger partial charge in [-0.25, -0.2) is 5.43 Å². The molecule has 2 aromatic heterocycles. The molecule has 0 aliphatic rings. The summed E-state index contributed by atoms with van der Waals surface area (Å²) in [5.41, 5.74) is 6.16. The zero-order valence-electron chi connectivity index (χ0n) is 8.77. The second-order valence-electron chi connectivity index (χ2n) is 3.57. The van der Waals surface area contributed by atoms with Gasteiger partial charge in [-0.1, -0.05) is 6.07 Å². The van der Waals surface area contributed by atoms with Gasteiger partial charge in [0, 0.05) is 22.2 Å². The molecule has 0 fully saturated rings. The SMILES string of the molecule is Cc1cncc(C(NN)c2cscc2Br)c1. The highest BCUT2D eigenvalue weighted by Gasteiger charge is 2.16. The minimum atomic E-state index is -0.0203. The molecule has 3 N–H and O–H groups in total. The first-order chi connectivity index (χ1) is 7.72. The summed E-state index contributed by atoms with van der Waals surface area (Å²) in [5.74, 6) is 5.62. The Hall–Kier alpha value is -0.750. The summed E-state index contributed by atoms with van der Waals surface area (Å²) in [4.78, 5) is 4.19. The number of rotatable bonds is 3. The van der Waals surface area contributed by atoms with E-state index in [-0.39, 0.29) is 6.04 Å². The molecule has 16 heavy (non-hydrogen) atoms. The summed E-state index contributed by atoms with van der Waals surface area (Å²) >= 11 is 5.16. The van der Waals surface area contributed by atoms with E-state index >= 15 is 0 Å². The lowest BCUT2D eigenvalue weighted by atomic mass is 10.0. The van der Waals surface area contributed by atoms with E-state index in [1.807, 2.05) is 24.7 Å². The standard InChI is InChI=1S/C11H12BrN3S/c1-7-2-8(4-14-3-7)11(15-13)9-5-16-6-10(9)12/h2-6,11,15H,13H2,1H3. The monoisotopic (exact) mass is 297 g/mol. The highest BCUT2D eigenvalue weighted by molar-refractivity contribution is 9.10. The molecule has 2 aromatic rings. The second-order valence-corrected chi connectivity index (χ2v) is 5.17. The molecule has 0 radical (unpaired) electrons. The third-order valence-corrected chi connectivity index (χ3v) is 4.10. The Bertz CT molecular complexity index is 484. The smallest absolute Gasteiger partial charge is 0.0744 e. The van der Waals surface area contributed by atoms with Gasteiger partial charge in [0.15, 0.2) is 0 Å². The molecular weight excluding hydrogens is 286 g/mol. The summed E-state index contributed by atoms with van der Waals surface area (Å²) in [6.07, 6.45) is 3.67. The van der Waals surface area contributed by atoms with Gasteiger partial charge < -0.3 is 0 Å². The molecule has 0 aliphatic heterocycles. The van der Waals surface area contributed by atoms with Crippen molar-refractivity contribution in [2.24, 2.45) is 5.84 Å². The van der Waals surface area contributed by atoms with Gasteiger partial charge in [-0.15, -0.1) is 0 Å². The minimum absolute atomic E-state index is 0.0203. The summed E-state index contributed by atoms with van der Waals surface area (Å²) in [7, 11) is 0. The molecule has 0 saturated carbocycles. The van der Waals surface area contributed by atoms with Crippen LogP contribution in [0.4, 0.5) is 0 Å². The molecule has 1 unspecified atom stereocenters. The third kappa shape index (κ3) is 2.32. The number of aromatic nitrogens is 1. The Morgan fingerprint density at radius 3 is 2.81 bits per heavy atom. The van der Waals surface area contributed by atoms with Crippen molar-refractivity contribution in [3.8, 4) is 0 Å².